The van der Waals surface area contributed by atoms with Crippen LogP contribution in [0.1, 0.15) is 19.3 Å². The molecule has 0 radical (unpaired) electrons. The number of alkyl halides is 1. The second-order valence-electron chi connectivity index (χ2n) is 2.96. The molecule has 0 spiro atoms. The summed E-state index contributed by atoms with van der Waals surface area (Å²) in [6, 6.07) is 0. The van der Waals surface area contributed by atoms with Gasteiger partial charge in [0.2, 0.25) is 0 Å². The van der Waals surface area contributed by atoms with E-state index >= 15 is 0 Å². The van der Waals surface area contributed by atoms with Crippen LogP contribution in [0.4, 0.5) is 0 Å². The molecule has 0 aromatic rings. The second-order valence-corrected chi connectivity index (χ2v) is 3.33. The molecule has 2 heteroatoms. The van der Waals surface area contributed by atoms with Crippen molar-refractivity contribution in [3.63, 3.8) is 0 Å². The van der Waals surface area contributed by atoms with Gasteiger partial charge in [0.1, 0.15) is 0 Å². The molecule has 1 rings (SSSR count). The molecule has 0 saturated heterocycles. The smallest absolute Gasteiger partial charge is 0.0223 e. The van der Waals surface area contributed by atoms with Crippen molar-refractivity contribution in [3.8, 4) is 0 Å². The van der Waals surface area contributed by atoms with E-state index < -0.39 is 0 Å². The van der Waals surface area contributed by atoms with Gasteiger partial charge in [-0.25, -0.2) is 0 Å². The molecule has 0 aliphatic carbocycles. The van der Waals surface area contributed by atoms with E-state index in [-0.39, 0.29) is 0 Å². The maximum Gasteiger partial charge on any atom is 0.0223 e. The number of rotatable bonds is 4. The van der Waals surface area contributed by atoms with Crippen molar-refractivity contribution in [2.24, 2.45) is 0 Å². The van der Waals surface area contributed by atoms with Crippen LogP contribution in [-0.4, -0.2) is 30.4 Å². The monoisotopic (exact) mass is 173 g/mol. The predicted molar refractivity (Wildman–Crippen MR) is 50.2 cm³/mol. The van der Waals surface area contributed by atoms with E-state index in [1.165, 1.54) is 25.9 Å². The zero-order valence-electron chi connectivity index (χ0n) is 6.93. The van der Waals surface area contributed by atoms with Crippen molar-refractivity contribution in [1.82, 2.24) is 4.90 Å². The lowest BCUT2D eigenvalue weighted by Gasteiger charge is -2.22. The summed E-state index contributed by atoms with van der Waals surface area (Å²) in [5, 5.41) is 0. The van der Waals surface area contributed by atoms with E-state index in [9.17, 15) is 0 Å². The van der Waals surface area contributed by atoms with Gasteiger partial charge in [-0.1, -0.05) is 12.2 Å². The molecule has 1 aliphatic heterocycles. The zero-order chi connectivity index (χ0) is 7.94. The van der Waals surface area contributed by atoms with Crippen LogP contribution in [0.5, 0.6) is 0 Å². The predicted octanol–water partition coefficient (Wildman–Crippen LogP) is 2.27. The van der Waals surface area contributed by atoms with Crippen LogP contribution >= 0.6 is 11.6 Å². The van der Waals surface area contributed by atoms with Crippen LogP contribution in [-0.2, 0) is 0 Å². The summed E-state index contributed by atoms with van der Waals surface area (Å²) in [4.78, 5) is 2.48. The summed E-state index contributed by atoms with van der Waals surface area (Å²) >= 11 is 5.59. The van der Waals surface area contributed by atoms with Crippen LogP contribution in [0.25, 0.3) is 0 Å². The first-order chi connectivity index (χ1) is 5.43. The van der Waals surface area contributed by atoms with Crippen LogP contribution in [0.15, 0.2) is 12.2 Å². The van der Waals surface area contributed by atoms with E-state index in [1.54, 1.807) is 0 Å². The summed E-state index contributed by atoms with van der Waals surface area (Å²) in [5.41, 5.74) is 0. The fourth-order valence-electron chi connectivity index (χ4n) is 1.32. The minimum atomic E-state index is 0.809. The van der Waals surface area contributed by atoms with Crippen molar-refractivity contribution in [2.45, 2.75) is 19.3 Å². The van der Waals surface area contributed by atoms with Gasteiger partial charge in [-0.05, 0) is 25.8 Å². The molecule has 0 fully saturated rings. The third-order valence-electron chi connectivity index (χ3n) is 2.00. The molecular formula is C9H16ClN. The van der Waals surface area contributed by atoms with E-state index in [4.69, 9.17) is 11.6 Å². The van der Waals surface area contributed by atoms with E-state index in [0.29, 0.717) is 0 Å². The van der Waals surface area contributed by atoms with Crippen LogP contribution in [0.2, 0.25) is 0 Å². The molecule has 0 aromatic carbocycles. The molecule has 0 amide bonds. The first-order valence-electron chi connectivity index (χ1n) is 4.37. The molecule has 1 aliphatic rings. The lowest BCUT2D eigenvalue weighted by molar-refractivity contribution is 0.294. The third-order valence-corrected chi connectivity index (χ3v) is 2.27. The van der Waals surface area contributed by atoms with Crippen molar-refractivity contribution < 1.29 is 0 Å². The third kappa shape index (κ3) is 3.78. The van der Waals surface area contributed by atoms with Gasteiger partial charge in [-0.2, -0.15) is 0 Å². The lowest BCUT2D eigenvalue weighted by Crippen LogP contribution is -2.28. The first-order valence-corrected chi connectivity index (χ1v) is 4.90. The van der Waals surface area contributed by atoms with E-state index in [1.807, 2.05) is 0 Å². The van der Waals surface area contributed by atoms with E-state index in [2.05, 4.69) is 17.1 Å². The number of hydrogen-bond acceptors (Lipinski definition) is 1. The summed E-state index contributed by atoms with van der Waals surface area (Å²) in [6.07, 6.45) is 8.14. The fraction of sp³-hybridized carbons (Fsp3) is 0.778. The number of halogens is 1. The van der Waals surface area contributed by atoms with Gasteiger partial charge in [-0.3, -0.25) is 4.90 Å². The summed E-state index contributed by atoms with van der Waals surface area (Å²) < 4.78 is 0. The van der Waals surface area contributed by atoms with Crippen molar-refractivity contribution in [2.75, 3.05) is 25.5 Å². The molecule has 0 N–H and O–H groups in total. The van der Waals surface area contributed by atoms with Crippen LogP contribution < -0.4 is 0 Å². The van der Waals surface area contributed by atoms with Gasteiger partial charge >= 0.3 is 0 Å². The molecule has 0 bridgehead atoms. The summed E-state index contributed by atoms with van der Waals surface area (Å²) in [6.45, 7) is 3.60. The van der Waals surface area contributed by atoms with Gasteiger partial charge in [0, 0.05) is 19.0 Å². The second kappa shape index (κ2) is 5.62. The Kier molecular flexibility index (Phi) is 4.64. The molecule has 1 heterocycles. The van der Waals surface area contributed by atoms with Crippen molar-refractivity contribution in [3.05, 3.63) is 12.2 Å². The average Bonchev–Trinajstić information content (AvgIpc) is 2.07. The van der Waals surface area contributed by atoms with E-state index in [0.717, 1.165) is 18.8 Å². The molecule has 0 saturated carbocycles. The first kappa shape index (κ1) is 9.08. The minimum absolute atomic E-state index is 0.809. The highest BCUT2D eigenvalue weighted by molar-refractivity contribution is 6.17. The van der Waals surface area contributed by atoms with Gasteiger partial charge in [-0.15, -0.1) is 11.6 Å². The molecule has 0 unspecified atom stereocenters. The number of hydrogen-bond donors (Lipinski definition) is 0. The Hall–Kier alpha value is -0.0100. The zero-order valence-corrected chi connectivity index (χ0v) is 7.69. The molecule has 1 nitrogen and oxygen atoms in total. The van der Waals surface area contributed by atoms with Crippen LogP contribution in [0.3, 0.4) is 0 Å². The largest absolute Gasteiger partial charge is 0.299 e. The van der Waals surface area contributed by atoms with Gasteiger partial charge < -0.3 is 0 Å². The Morgan fingerprint density at radius 3 is 2.82 bits per heavy atom. The number of nitrogens with zero attached hydrogens (tertiary/aromatic N) is 1. The summed E-state index contributed by atoms with van der Waals surface area (Å²) in [7, 11) is 0. The quantitative estimate of drug-likeness (QED) is 0.358. The van der Waals surface area contributed by atoms with Crippen LogP contribution in [0, 0.1) is 0 Å². The van der Waals surface area contributed by atoms with Crippen molar-refractivity contribution in [1.29, 1.82) is 0 Å². The summed E-state index contributed by atoms with van der Waals surface area (Å²) in [5.74, 6) is 0.809. The highest BCUT2D eigenvalue weighted by Gasteiger charge is 2.03. The SMILES string of the molecule is ClCCCCN1CC=CCC1. The minimum Gasteiger partial charge on any atom is -0.299 e. The Morgan fingerprint density at radius 1 is 1.27 bits per heavy atom. The topological polar surface area (TPSA) is 3.24 Å². The molecule has 0 aromatic heterocycles. The number of unbranched alkanes of at least 4 members (excludes halogenated alkanes) is 1. The Balaban J connectivity index is 2.02. The highest BCUT2D eigenvalue weighted by atomic mass is 35.5. The van der Waals surface area contributed by atoms with Gasteiger partial charge in [0.05, 0.1) is 0 Å². The van der Waals surface area contributed by atoms with Crippen molar-refractivity contribution >= 4 is 11.6 Å². The Labute approximate surface area is 74.0 Å². The normalized spacial score (nSPS) is 19.0. The lowest BCUT2D eigenvalue weighted by atomic mass is 10.2. The standard InChI is InChI=1S/C9H16ClN/c10-6-2-5-9-11-7-3-1-4-8-11/h1,3H,2,4-9H2. The average molecular weight is 174 g/mol. The fourth-order valence-corrected chi connectivity index (χ4v) is 1.51. The maximum absolute atomic E-state index is 5.59. The molecule has 0 atom stereocenters. The van der Waals surface area contributed by atoms with Gasteiger partial charge in [0.25, 0.3) is 0 Å². The molecule has 64 valence electrons. The Morgan fingerprint density at radius 2 is 2.18 bits per heavy atom. The Bertz CT molecular complexity index is 123. The highest BCUT2D eigenvalue weighted by Crippen LogP contribution is 2.03. The molecule has 11 heavy (non-hydrogen) atoms. The van der Waals surface area contributed by atoms with Gasteiger partial charge in [0.15, 0.2) is 0 Å². The maximum atomic E-state index is 5.59. The molecular weight excluding hydrogens is 158 g/mol.